The van der Waals surface area contributed by atoms with E-state index in [1.807, 2.05) is 6.07 Å². The summed E-state index contributed by atoms with van der Waals surface area (Å²) in [4.78, 5) is -0.00412. The zero-order valence-electron chi connectivity index (χ0n) is 12.6. The summed E-state index contributed by atoms with van der Waals surface area (Å²) < 4.78 is 32.8. The minimum atomic E-state index is -3.90. The Kier molecular flexibility index (Phi) is 4.19. The van der Waals surface area contributed by atoms with Gasteiger partial charge in [0.2, 0.25) is 0 Å². The third-order valence-electron chi connectivity index (χ3n) is 3.70. The van der Waals surface area contributed by atoms with E-state index in [4.69, 9.17) is 15.6 Å². The van der Waals surface area contributed by atoms with E-state index in [9.17, 15) is 13.4 Å². The molecule has 0 saturated heterocycles. The van der Waals surface area contributed by atoms with E-state index in [0.717, 1.165) is 5.56 Å². The quantitative estimate of drug-likeness (QED) is 0.543. The highest BCUT2D eigenvalue weighted by Gasteiger charge is 2.28. The first-order valence-electron chi connectivity index (χ1n) is 7.11. The molecule has 1 aliphatic heterocycles. The summed E-state index contributed by atoms with van der Waals surface area (Å²) in [5.41, 5.74) is 8.02. The molecule has 0 bridgehead atoms. The Balaban J connectivity index is 1.96. The van der Waals surface area contributed by atoms with Crippen molar-refractivity contribution in [1.29, 1.82) is 5.26 Å². The zero-order chi connectivity index (χ0) is 17.3. The van der Waals surface area contributed by atoms with Crippen LogP contribution in [0.15, 0.2) is 41.3 Å². The molecule has 2 aromatic carbocycles. The predicted molar refractivity (Wildman–Crippen MR) is 89.8 cm³/mol. The molecule has 7 nitrogen and oxygen atoms in total. The highest BCUT2D eigenvalue weighted by molar-refractivity contribution is 7.92. The van der Waals surface area contributed by atoms with Gasteiger partial charge in [0.25, 0.3) is 10.0 Å². The number of nitrogens with zero attached hydrogens (tertiary/aromatic N) is 1. The van der Waals surface area contributed by atoms with Gasteiger partial charge in [-0.05, 0) is 46.9 Å². The van der Waals surface area contributed by atoms with Crippen LogP contribution in [0.5, 0.6) is 0 Å². The fourth-order valence-corrected chi connectivity index (χ4v) is 3.84. The molecule has 0 spiro atoms. The van der Waals surface area contributed by atoms with E-state index >= 15 is 0 Å². The molecule has 1 heterocycles. The highest BCUT2D eigenvalue weighted by Crippen LogP contribution is 2.23. The summed E-state index contributed by atoms with van der Waals surface area (Å²) in [7, 11) is -4.96. The lowest BCUT2D eigenvalue weighted by molar-refractivity contribution is 0.275. The van der Waals surface area contributed by atoms with Crippen molar-refractivity contribution in [3.05, 3.63) is 47.5 Å². The molecular formula is C15H14BN3O4S. The molecule has 9 heteroatoms. The van der Waals surface area contributed by atoms with Crippen molar-refractivity contribution < 1.29 is 18.1 Å². The minimum absolute atomic E-state index is 0.00412. The normalized spacial score (nSPS) is 13.4. The fraction of sp³-hybridized carbons (Fsp3) is 0.133. The fourth-order valence-electron chi connectivity index (χ4n) is 2.57. The summed E-state index contributed by atoms with van der Waals surface area (Å²) in [5.74, 6) is 0. The van der Waals surface area contributed by atoms with Gasteiger partial charge >= 0.3 is 7.12 Å². The van der Waals surface area contributed by atoms with Gasteiger partial charge in [0.05, 0.1) is 24.0 Å². The molecule has 0 fully saturated rings. The first-order chi connectivity index (χ1) is 11.4. The summed E-state index contributed by atoms with van der Waals surface area (Å²) in [6.45, 7) is 0.286. The largest absolute Gasteiger partial charge is 0.491 e. The molecule has 2 aromatic rings. The average molecular weight is 343 g/mol. The molecular weight excluding hydrogens is 329 g/mol. The molecule has 0 aromatic heterocycles. The maximum Gasteiger partial charge on any atom is 0.491 e. The maximum atomic E-state index is 12.6. The van der Waals surface area contributed by atoms with Crippen LogP contribution in [-0.2, 0) is 27.7 Å². The summed E-state index contributed by atoms with van der Waals surface area (Å²) in [6, 6.07) is 11.1. The lowest BCUT2D eigenvalue weighted by atomic mass is 9.79. The van der Waals surface area contributed by atoms with E-state index in [0.29, 0.717) is 22.4 Å². The molecule has 0 aliphatic carbocycles. The minimum Gasteiger partial charge on any atom is -0.423 e. The number of sulfonamides is 1. The van der Waals surface area contributed by atoms with E-state index in [-0.39, 0.29) is 17.9 Å². The molecule has 0 radical (unpaired) electrons. The molecule has 4 N–H and O–H groups in total. The highest BCUT2D eigenvalue weighted by atomic mass is 32.2. The van der Waals surface area contributed by atoms with Gasteiger partial charge in [0.15, 0.2) is 0 Å². The van der Waals surface area contributed by atoms with Crippen molar-refractivity contribution in [2.24, 2.45) is 0 Å². The number of hydrogen-bond acceptors (Lipinski definition) is 6. The van der Waals surface area contributed by atoms with Crippen LogP contribution >= 0.6 is 0 Å². The Hall–Kier alpha value is -2.54. The smallest absolute Gasteiger partial charge is 0.423 e. The van der Waals surface area contributed by atoms with Crippen molar-refractivity contribution in [3.8, 4) is 6.07 Å². The Bertz CT molecular complexity index is 940. The number of rotatable bonds is 4. The maximum absolute atomic E-state index is 12.6. The molecule has 1 aliphatic rings. The lowest BCUT2D eigenvalue weighted by Crippen LogP contribution is -2.28. The second-order valence-electron chi connectivity index (χ2n) is 5.38. The molecule has 0 atom stereocenters. The Labute approximate surface area is 139 Å². The van der Waals surface area contributed by atoms with Gasteiger partial charge in [-0.2, -0.15) is 5.26 Å². The van der Waals surface area contributed by atoms with Gasteiger partial charge in [-0.3, -0.25) is 4.72 Å². The molecule has 0 saturated carbocycles. The molecule has 24 heavy (non-hydrogen) atoms. The third kappa shape index (κ3) is 3.07. The van der Waals surface area contributed by atoms with Gasteiger partial charge in [0, 0.05) is 11.4 Å². The van der Waals surface area contributed by atoms with Gasteiger partial charge in [-0.1, -0.05) is 6.07 Å². The Morgan fingerprint density at radius 2 is 2.12 bits per heavy atom. The first-order valence-corrected chi connectivity index (χ1v) is 8.60. The van der Waals surface area contributed by atoms with Crippen LogP contribution in [0, 0.1) is 11.3 Å². The molecule has 0 unspecified atom stereocenters. The van der Waals surface area contributed by atoms with Crippen LogP contribution < -0.4 is 15.9 Å². The molecule has 0 amide bonds. The van der Waals surface area contributed by atoms with Gasteiger partial charge in [-0.15, -0.1) is 0 Å². The summed E-state index contributed by atoms with van der Waals surface area (Å²) >= 11 is 0. The van der Waals surface area contributed by atoms with Crippen LogP contribution in [0.4, 0.5) is 11.4 Å². The zero-order valence-corrected chi connectivity index (χ0v) is 13.4. The van der Waals surface area contributed by atoms with Crippen molar-refractivity contribution in [2.75, 3.05) is 10.5 Å². The van der Waals surface area contributed by atoms with Crippen LogP contribution in [0.1, 0.15) is 11.1 Å². The van der Waals surface area contributed by atoms with E-state index in [2.05, 4.69) is 4.72 Å². The van der Waals surface area contributed by atoms with E-state index < -0.39 is 17.1 Å². The Morgan fingerprint density at radius 3 is 2.88 bits per heavy atom. The number of fused-ring (bicyclic) bond motifs is 1. The second-order valence-corrected chi connectivity index (χ2v) is 7.04. The van der Waals surface area contributed by atoms with Crippen LogP contribution in [-0.4, -0.2) is 20.6 Å². The van der Waals surface area contributed by atoms with Crippen molar-refractivity contribution in [1.82, 2.24) is 0 Å². The van der Waals surface area contributed by atoms with Crippen molar-refractivity contribution in [3.63, 3.8) is 0 Å². The van der Waals surface area contributed by atoms with Crippen LogP contribution in [0.2, 0.25) is 0 Å². The number of hydrogen-bond donors (Lipinski definition) is 3. The SMILES string of the molecule is N#CCc1cc(N)ccc1S(=O)(=O)Nc1ccc2c(c1)B(O)OC2. The predicted octanol–water partition coefficient (Wildman–Crippen LogP) is 0.353. The van der Waals surface area contributed by atoms with Crippen LogP contribution in [0.25, 0.3) is 0 Å². The number of nitriles is 1. The van der Waals surface area contributed by atoms with Gasteiger partial charge in [0.1, 0.15) is 0 Å². The Morgan fingerprint density at radius 1 is 1.33 bits per heavy atom. The van der Waals surface area contributed by atoms with E-state index in [1.54, 1.807) is 12.1 Å². The lowest BCUT2D eigenvalue weighted by Gasteiger charge is -2.12. The number of nitrogen functional groups attached to an aromatic ring is 1. The van der Waals surface area contributed by atoms with Gasteiger partial charge < -0.3 is 15.4 Å². The molecule has 122 valence electrons. The van der Waals surface area contributed by atoms with Crippen molar-refractivity contribution >= 4 is 34.0 Å². The first kappa shape index (κ1) is 16.3. The third-order valence-corrected chi connectivity index (χ3v) is 5.19. The standard InChI is InChI=1S/C15H14BN3O4S/c17-6-5-10-7-12(18)2-4-15(10)24(21,22)19-13-3-1-11-9-23-16(20)14(11)8-13/h1-4,7-8,19-20H,5,9,18H2. The number of nitrogens with one attached hydrogen (secondary N) is 1. The monoisotopic (exact) mass is 343 g/mol. The number of anilines is 2. The number of benzene rings is 2. The number of nitrogens with two attached hydrogens (primary N) is 1. The summed E-state index contributed by atoms with van der Waals surface area (Å²) in [5, 5.41) is 18.6. The average Bonchev–Trinajstić information content (AvgIpc) is 2.88. The topological polar surface area (TPSA) is 125 Å². The van der Waals surface area contributed by atoms with Gasteiger partial charge in [-0.25, -0.2) is 8.42 Å². The second kappa shape index (κ2) is 6.16. The molecule has 3 rings (SSSR count). The van der Waals surface area contributed by atoms with E-state index in [1.165, 1.54) is 24.3 Å². The van der Waals surface area contributed by atoms with Crippen molar-refractivity contribution in [2.45, 2.75) is 17.9 Å². The summed E-state index contributed by atoms with van der Waals surface area (Å²) in [6.07, 6.45) is -0.0714. The van der Waals surface area contributed by atoms with Crippen LogP contribution in [0.3, 0.4) is 0 Å².